The molecule has 0 bridgehead atoms. The fourth-order valence-corrected chi connectivity index (χ4v) is 4.90. The zero-order valence-corrected chi connectivity index (χ0v) is 14.7. The third-order valence-corrected chi connectivity index (χ3v) is 6.38. The Bertz CT molecular complexity index is 420. The fourth-order valence-electron chi connectivity index (χ4n) is 3.95. The molecule has 2 aliphatic heterocycles. The molecule has 6 heteroatoms. The number of carbonyl (C=O) groups excluding carboxylic acids is 2. The van der Waals surface area contributed by atoms with Crippen LogP contribution in [-0.2, 0) is 9.59 Å². The molecule has 1 aliphatic carbocycles. The van der Waals surface area contributed by atoms with Gasteiger partial charge in [-0.25, -0.2) is 0 Å². The van der Waals surface area contributed by atoms with Crippen molar-refractivity contribution in [2.75, 3.05) is 31.1 Å². The molecule has 2 heterocycles. The van der Waals surface area contributed by atoms with E-state index in [-0.39, 0.29) is 17.9 Å². The Morgan fingerprint density at radius 2 is 2.00 bits per heavy atom. The van der Waals surface area contributed by atoms with Gasteiger partial charge in [0.2, 0.25) is 11.8 Å². The van der Waals surface area contributed by atoms with E-state index in [1.807, 2.05) is 16.7 Å². The minimum atomic E-state index is 0.127. The summed E-state index contributed by atoms with van der Waals surface area (Å²) in [4.78, 5) is 26.7. The van der Waals surface area contributed by atoms with Gasteiger partial charge in [0.15, 0.2) is 0 Å². The Kier molecular flexibility index (Phi) is 6.22. The van der Waals surface area contributed by atoms with E-state index in [1.165, 1.54) is 19.3 Å². The summed E-state index contributed by atoms with van der Waals surface area (Å²) < 4.78 is 0. The number of hydrogen-bond donors (Lipinski definition) is 2. The first-order valence-corrected chi connectivity index (χ1v) is 10.3. The maximum atomic E-state index is 12.5. The lowest BCUT2D eigenvalue weighted by Gasteiger charge is -2.26. The van der Waals surface area contributed by atoms with Gasteiger partial charge < -0.3 is 15.5 Å². The summed E-state index contributed by atoms with van der Waals surface area (Å²) in [5, 5.41) is 6.53. The molecule has 0 aromatic rings. The van der Waals surface area contributed by atoms with Crippen LogP contribution in [0, 0.1) is 5.92 Å². The summed E-state index contributed by atoms with van der Waals surface area (Å²) in [6.07, 6.45) is 7.22. The predicted octanol–water partition coefficient (Wildman–Crippen LogP) is 1.38. The average Bonchev–Trinajstić information content (AvgIpc) is 3.04. The molecule has 3 rings (SSSR count). The van der Waals surface area contributed by atoms with Crippen molar-refractivity contribution >= 4 is 23.6 Å². The minimum absolute atomic E-state index is 0.127. The third kappa shape index (κ3) is 4.86. The number of carbonyl (C=O) groups is 2. The molecule has 2 saturated heterocycles. The van der Waals surface area contributed by atoms with Crippen LogP contribution in [-0.4, -0.2) is 59.9 Å². The highest BCUT2D eigenvalue weighted by Gasteiger charge is 2.32. The molecule has 2 amide bonds. The van der Waals surface area contributed by atoms with E-state index in [2.05, 4.69) is 10.6 Å². The Balaban J connectivity index is 1.40. The minimum Gasteiger partial charge on any atom is -0.351 e. The molecule has 2 N–H and O–H groups in total. The molecule has 0 aromatic carbocycles. The van der Waals surface area contributed by atoms with Crippen LogP contribution < -0.4 is 10.6 Å². The summed E-state index contributed by atoms with van der Waals surface area (Å²) in [6, 6.07) is 0.446. The number of thioether (sulfide) groups is 1. The normalized spacial score (nSPS) is 29.5. The number of rotatable bonds is 4. The van der Waals surface area contributed by atoms with Gasteiger partial charge >= 0.3 is 0 Å². The van der Waals surface area contributed by atoms with Crippen molar-refractivity contribution in [3.8, 4) is 0 Å². The van der Waals surface area contributed by atoms with Crippen LogP contribution in [0.2, 0.25) is 0 Å². The van der Waals surface area contributed by atoms with Gasteiger partial charge in [0.25, 0.3) is 0 Å². The average molecular weight is 340 g/mol. The van der Waals surface area contributed by atoms with Gasteiger partial charge in [0, 0.05) is 55.6 Å². The van der Waals surface area contributed by atoms with Gasteiger partial charge in [-0.1, -0.05) is 19.3 Å². The third-order valence-electron chi connectivity index (χ3n) is 5.25. The number of hydrogen-bond acceptors (Lipinski definition) is 4. The van der Waals surface area contributed by atoms with Gasteiger partial charge in [-0.15, -0.1) is 0 Å². The van der Waals surface area contributed by atoms with Crippen molar-refractivity contribution in [1.82, 2.24) is 15.5 Å². The standard InChI is InChI=1S/C17H29N3O2S/c21-16(10-15-12-23-9-7-18-15)19-14-6-8-20(11-14)17(22)13-4-2-1-3-5-13/h13-15,18H,1-12H2,(H,19,21). The number of likely N-dealkylation sites (tertiary alicyclic amines) is 1. The van der Waals surface area contributed by atoms with E-state index < -0.39 is 0 Å². The second kappa shape index (κ2) is 8.38. The van der Waals surface area contributed by atoms with Gasteiger partial charge in [0.05, 0.1) is 0 Å². The molecule has 3 aliphatic rings. The molecule has 3 fully saturated rings. The van der Waals surface area contributed by atoms with Crippen molar-refractivity contribution in [2.24, 2.45) is 5.92 Å². The van der Waals surface area contributed by atoms with Crippen molar-refractivity contribution in [3.63, 3.8) is 0 Å². The highest BCUT2D eigenvalue weighted by atomic mass is 32.2. The summed E-state index contributed by atoms with van der Waals surface area (Å²) in [5.74, 6) is 2.85. The lowest BCUT2D eigenvalue weighted by Crippen LogP contribution is -2.44. The highest BCUT2D eigenvalue weighted by Crippen LogP contribution is 2.26. The van der Waals surface area contributed by atoms with E-state index in [0.29, 0.717) is 24.9 Å². The van der Waals surface area contributed by atoms with Crippen LogP contribution >= 0.6 is 11.8 Å². The SMILES string of the molecule is O=C(CC1CSCCN1)NC1CCN(C(=O)C2CCCCC2)C1. The van der Waals surface area contributed by atoms with E-state index >= 15 is 0 Å². The van der Waals surface area contributed by atoms with Crippen LogP contribution in [0.1, 0.15) is 44.9 Å². The molecule has 0 spiro atoms. The molecule has 5 nitrogen and oxygen atoms in total. The predicted molar refractivity (Wildman–Crippen MR) is 93.4 cm³/mol. The smallest absolute Gasteiger partial charge is 0.225 e. The number of nitrogens with one attached hydrogen (secondary N) is 2. The summed E-state index contributed by atoms with van der Waals surface area (Å²) in [5.41, 5.74) is 0. The second-order valence-electron chi connectivity index (χ2n) is 7.10. The lowest BCUT2D eigenvalue weighted by molar-refractivity contribution is -0.135. The largest absolute Gasteiger partial charge is 0.351 e. The van der Waals surface area contributed by atoms with Gasteiger partial charge in [-0.2, -0.15) is 11.8 Å². The first kappa shape index (κ1) is 17.1. The van der Waals surface area contributed by atoms with Crippen LogP contribution in [0.3, 0.4) is 0 Å². The second-order valence-corrected chi connectivity index (χ2v) is 8.25. The molecular weight excluding hydrogens is 310 g/mol. The molecule has 2 unspecified atom stereocenters. The molecule has 0 aromatic heterocycles. The van der Waals surface area contributed by atoms with Crippen LogP contribution in [0.4, 0.5) is 0 Å². The topological polar surface area (TPSA) is 61.4 Å². The quantitative estimate of drug-likeness (QED) is 0.812. The summed E-state index contributed by atoms with van der Waals surface area (Å²) >= 11 is 1.91. The van der Waals surface area contributed by atoms with Crippen molar-refractivity contribution < 1.29 is 9.59 Å². The number of amides is 2. The summed E-state index contributed by atoms with van der Waals surface area (Å²) in [6.45, 7) is 2.50. The van der Waals surface area contributed by atoms with Gasteiger partial charge in [-0.05, 0) is 19.3 Å². The Labute approximate surface area is 143 Å². The molecular formula is C17H29N3O2S. The van der Waals surface area contributed by atoms with Crippen molar-refractivity contribution in [3.05, 3.63) is 0 Å². The van der Waals surface area contributed by atoms with Crippen LogP contribution in [0.5, 0.6) is 0 Å². The van der Waals surface area contributed by atoms with Crippen molar-refractivity contribution in [1.29, 1.82) is 0 Å². The molecule has 1 saturated carbocycles. The zero-order chi connectivity index (χ0) is 16.1. The Morgan fingerprint density at radius 3 is 2.74 bits per heavy atom. The Hall–Kier alpha value is -0.750. The zero-order valence-electron chi connectivity index (χ0n) is 13.9. The first-order chi connectivity index (χ1) is 11.2. The number of nitrogens with zero attached hydrogens (tertiary/aromatic N) is 1. The summed E-state index contributed by atoms with van der Waals surface area (Å²) in [7, 11) is 0. The fraction of sp³-hybridized carbons (Fsp3) is 0.882. The first-order valence-electron chi connectivity index (χ1n) is 9.11. The van der Waals surface area contributed by atoms with Gasteiger partial charge in [0.1, 0.15) is 0 Å². The molecule has 2 atom stereocenters. The highest BCUT2D eigenvalue weighted by molar-refractivity contribution is 7.99. The molecule has 23 heavy (non-hydrogen) atoms. The van der Waals surface area contributed by atoms with Gasteiger partial charge in [-0.3, -0.25) is 9.59 Å². The maximum absolute atomic E-state index is 12.5. The monoisotopic (exact) mass is 339 g/mol. The molecule has 130 valence electrons. The maximum Gasteiger partial charge on any atom is 0.225 e. The van der Waals surface area contributed by atoms with E-state index in [4.69, 9.17) is 0 Å². The van der Waals surface area contributed by atoms with Crippen molar-refractivity contribution in [2.45, 2.75) is 57.0 Å². The van der Waals surface area contributed by atoms with E-state index in [1.54, 1.807) is 0 Å². The lowest BCUT2D eigenvalue weighted by atomic mass is 9.88. The molecule has 0 radical (unpaired) electrons. The Morgan fingerprint density at radius 1 is 1.17 bits per heavy atom. The van der Waals surface area contributed by atoms with E-state index in [9.17, 15) is 9.59 Å². The van der Waals surface area contributed by atoms with E-state index in [0.717, 1.165) is 43.9 Å². The van der Waals surface area contributed by atoms with Crippen LogP contribution in [0.15, 0.2) is 0 Å². The van der Waals surface area contributed by atoms with Crippen LogP contribution in [0.25, 0.3) is 0 Å².